The van der Waals surface area contributed by atoms with E-state index >= 15 is 0 Å². The van der Waals surface area contributed by atoms with Crippen LogP contribution in [0.2, 0.25) is 0 Å². The number of hydrogen-bond acceptors (Lipinski definition) is 3. The average Bonchev–Trinajstić information content (AvgIpc) is 3.17. The maximum absolute atomic E-state index is 12.7. The van der Waals surface area contributed by atoms with E-state index in [1.807, 2.05) is 39.0 Å². The van der Waals surface area contributed by atoms with E-state index in [9.17, 15) is 13.2 Å². The standard InChI is InChI=1S/C18H25NO3S/c1-13-5-4-6-14(11-13)17(2,3)19-16(20)15-12-18(15)7-9-23(21,22)10-8-18/h4-6,11,15H,7-10,12H2,1-3H3,(H,19,20)/t15-/m0/s1. The molecule has 0 bridgehead atoms. The van der Waals surface area contributed by atoms with Crippen molar-refractivity contribution in [3.8, 4) is 0 Å². The molecule has 2 aliphatic rings. The molecule has 2 fully saturated rings. The highest BCUT2D eigenvalue weighted by Crippen LogP contribution is 2.60. The van der Waals surface area contributed by atoms with Crippen molar-refractivity contribution in [1.82, 2.24) is 5.32 Å². The summed E-state index contributed by atoms with van der Waals surface area (Å²) in [6.45, 7) is 6.07. The van der Waals surface area contributed by atoms with Gasteiger partial charge in [0.15, 0.2) is 0 Å². The fraction of sp³-hybridized carbons (Fsp3) is 0.611. The van der Waals surface area contributed by atoms with Crippen molar-refractivity contribution in [1.29, 1.82) is 0 Å². The first kappa shape index (κ1) is 16.5. The van der Waals surface area contributed by atoms with E-state index in [0.29, 0.717) is 12.8 Å². The van der Waals surface area contributed by atoms with Gasteiger partial charge in [0.25, 0.3) is 0 Å². The second-order valence-corrected chi connectivity index (χ2v) is 10.1. The van der Waals surface area contributed by atoms with Gasteiger partial charge in [-0.1, -0.05) is 29.8 Å². The van der Waals surface area contributed by atoms with E-state index in [1.165, 1.54) is 5.56 Å². The third-order valence-electron chi connectivity index (χ3n) is 5.50. The van der Waals surface area contributed by atoms with Gasteiger partial charge >= 0.3 is 0 Å². The first-order valence-electron chi connectivity index (χ1n) is 8.23. The second kappa shape index (κ2) is 5.33. The highest BCUT2D eigenvalue weighted by atomic mass is 32.2. The van der Waals surface area contributed by atoms with Crippen LogP contribution in [0.1, 0.15) is 44.2 Å². The van der Waals surface area contributed by atoms with Gasteiger partial charge in [0, 0.05) is 5.92 Å². The predicted octanol–water partition coefficient (Wildman–Crippen LogP) is 2.56. The van der Waals surface area contributed by atoms with Gasteiger partial charge in [-0.05, 0) is 51.0 Å². The number of amides is 1. The molecule has 1 spiro atoms. The fourth-order valence-electron chi connectivity index (χ4n) is 3.72. The Kier molecular flexibility index (Phi) is 3.82. The van der Waals surface area contributed by atoms with E-state index < -0.39 is 15.4 Å². The number of hydrogen-bond donors (Lipinski definition) is 1. The third kappa shape index (κ3) is 3.30. The number of nitrogens with one attached hydrogen (secondary N) is 1. The molecule has 0 radical (unpaired) electrons. The lowest BCUT2D eigenvalue weighted by Crippen LogP contribution is -2.43. The minimum absolute atomic E-state index is 0.0258. The molecule has 1 aliphatic heterocycles. The number of sulfone groups is 1. The SMILES string of the molecule is Cc1cccc(C(C)(C)NC(=O)[C@@H]2CC23CCS(=O)(=O)CC3)c1. The van der Waals surface area contributed by atoms with Crippen LogP contribution < -0.4 is 5.32 Å². The number of aryl methyl sites for hydroxylation is 1. The van der Waals surface area contributed by atoms with E-state index in [2.05, 4.69) is 11.4 Å². The molecule has 1 aromatic carbocycles. The van der Waals surface area contributed by atoms with Crippen LogP contribution in [0.25, 0.3) is 0 Å². The normalized spacial score (nSPS) is 25.1. The molecule has 1 saturated carbocycles. The van der Waals surface area contributed by atoms with Crippen molar-refractivity contribution in [3.63, 3.8) is 0 Å². The summed E-state index contributed by atoms with van der Waals surface area (Å²) in [6, 6.07) is 8.17. The van der Waals surface area contributed by atoms with Crippen LogP contribution in [-0.2, 0) is 20.2 Å². The highest BCUT2D eigenvalue weighted by Gasteiger charge is 2.59. The average molecular weight is 335 g/mol. The summed E-state index contributed by atoms with van der Waals surface area (Å²) in [5.41, 5.74) is 1.78. The Balaban J connectivity index is 1.66. The second-order valence-electron chi connectivity index (χ2n) is 7.75. The number of carbonyl (C=O) groups is 1. The highest BCUT2D eigenvalue weighted by molar-refractivity contribution is 7.91. The molecular weight excluding hydrogens is 310 g/mol. The Labute approximate surface area is 138 Å². The van der Waals surface area contributed by atoms with Crippen LogP contribution in [0.3, 0.4) is 0 Å². The van der Waals surface area contributed by atoms with Gasteiger partial charge in [-0.15, -0.1) is 0 Å². The van der Waals surface area contributed by atoms with Gasteiger partial charge < -0.3 is 5.32 Å². The quantitative estimate of drug-likeness (QED) is 0.923. The molecule has 1 aliphatic carbocycles. The number of benzene rings is 1. The van der Waals surface area contributed by atoms with Crippen molar-refractivity contribution in [2.24, 2.45) is 11.3 Å². The summed E-state index contributed by atoms with van der Waals surface area (Å²) in [6.07, 6.45) is 2.11. The summed E-state index contributed by atoms with van der Waals surface area (Å²) in [5, 5.41) is 3.17. The van der Waals surface area contributed by atoms with Crippen LogP contribution in [0.5, 0.6) is 0 Å². The third-order valence-corrected chi connectivity index (χ3v) is 7.16. The molecular formula is C18H25NO3S. The molecule has 23 heavy (non-hydrogen) atoms. The van der Waals surface area contributed by atoms with Crippen LogP contribution in [0.4, 0.5) is 0 Å². The Morgan fingerprint density at radius 3 is 2.52 bits per heavy atom. The lowest BCUT2D eigenvalue weighted by Gasteiger charge is -2.29. The summed E-state index contributed by atoms with van der Waals surface area (Å²) in [7, 11) is -2.88. The lowest BCUT2D eigenvalue weighted by molar-refractivity contribution is -0.124. The van der Waals surface area contributed by atoms with Gasteiger partial charge in [-0.25, -0.2) is 8.42 Å². The van der Waals surface area contributed by atoms with Crippen LogP contribution in [0, 0.1) is 18.3 Å². The smallest absolute Gasteiger partial charge is 0.224 e. The zero-order chi connectivity index (χ0) is 16.9. The first-order valence-corrected chi connectivity index (χ1v) is 10.1. The monoisotopic (exact) mass is 335 g/mol. The molecule has 1 atom stereocenters. The Hall–Kier alpha value is -1.36. The Bertz CT molecular complexity index is 722. The number of rotatable bonds is 3. The van der Waals surface area contributed by atoms with Crippen molar-refractivity contribution < 1.29 is 13.2 Å². The molecule has 1 saturated heterocycles. The minimum atomic E-state index is -2.88. The summed E-state index contributed by atoms with van der Waals surface area (Å²) in [5.74, 6) is 0.508. The van der Waals surface area contributed by atoms with Crippen molar-refractivity contribution in [2.45, 2.75) is 45.6 Å². The van der Waals surface area contributed by atoms with Gasteiger partial charge in [-0.2, -0.15) is 0 Å². The van der Waals surface area contributed by atoms with Crippen LogP contribution >= 0.6 is 0 Å². The molecule has 1 heterocycles. The van der Waals surface area contributed by atoms with E-state index in [-0.39, 0.29) is 28.7 Å². The molecule has 1 aromatic rings. The molecule has 0 unspecified atom stereocenters. The molecule has 1 N–H and O–H groups in total. The fourth-order valence-corrected chi connectivity index (χ4v) is 5.36. The molecule has 4 nitrogen and oxygen atoms in total. The maximum atomic E-state index is 12.7. The van der Waals surface area contributed by atoms with E-state index in [0.717, 1.165) is 12.0 Å². The van der Waals surface area contributed by atoms with E-state index in [1.54, 1.807) is 0 Å². The molecule has 5 heteroatoms. The zero-order valence-electron chi connectivity index (χ0n) is 14.1. The Morgan fingerprint density at radius 2 is 1.91 bits per heavy atom. The van der Waals surface area contributed by atoms with E-state index in [4.69, 9.17) is 0 Å². The van der Waals surface area contributed by atoms with Gasteiger partial charge in [0.2, 0.25) is 5.91 Å². The molecule has 0 aromatic heterocycles. The van der Waals surface area contributed by atoms with Gasteiger partial charge in [0.1, 0.15) is 9.84 Å². The van der Waals surface area contributed by atoms with Crippen molar-refractivity contribution >= 4 is 15.7 Å². The summed E-state index contributed by atoms with van der Waals surface area (Å²) in [4.78, 5) is 12.7. The van der Waals surface area contributed by atoms with Crippen LogP contribution in [0.15, 0.2) is 24.3 Å². The molecule has 3 rings (SSSR count). The molecule has 126 valence electrons. The lowest BCUT2D eigenvalue weighted by atomic mass is 9.91. The molecule has 1 amide bonds. The van der Waals surface area contributed by atoms with Gasteiger partial charge in [0.05, 0.1) is 17.0 Å². The summed E-state index contributed by atoms with van der Waals surface area (Å²) < 4.78 is 23.2. The van der Waals surface area contributed by atoms with Crippen molar-refractivity contribution in [3.05, 3.63) is 35.4 Å². The zero-order valence-corrected chi connectivity index (χ0v) is 14.9. The Morgan fingerprint density at radius 1 is 1.26 bits per heavy atom. The maximum Gasteiger partial charge on any atom is 0.224 e. The topological polar surface area (TPSA) is 63.2 Å². The predicted molar refractivity (Wildman–Crippen MR) is 90.8 cm³/mol. The minimum Gasteiger partial charge on any atom is -0.347 e. The first-order chi connectivity index (χ1) is 10.6. The van der Waals surface area contributed by atoms with Crippen molar-refractivity contribution in [2.75, 3.05) is 11.5 Å². The summed E-state index contributed by atoms with van der Waals surface area (Å²) >= 11 is 0. The van der Waals surface area contributed by atoms with Gasteiger partial charge in [-0.3, -0.25) is 4.79 Å². The van der Waals surface area contributed by atoms with Crippen LogP contribution in [-0.4, -0.2) is 25.8 Å². The number of carbonyl (C=O) groups excluding carboxylic acids is 1. The largest absolute Gasteiger partial charge is 0.347 e.